The van der Waals surface area contributed by atoms with E-state index in [2.05, 4.69) is 5.32 Å². The average Bonchev–Trinajstić information content (AvgIpc) is 2.26. The van der Waals surface area contributed by atoms with Gasteiger partial charge in [0.25, 0.3) is 0 Å². The number of carboxylic acids is 1. The number of carboxylic acid groups (broad SMARTS) is 1. The molecule has 1 rings (SSSR count). The zero-order valence-electron chi connectivity index (χ0n) is 10.2. The first-order valence-electron chi connectivity index (χ1n) is 6.02. The molecule has 1 saturated heterocycles. The summed E-state index contributed by atoms with van der Waals surface area (Å²) in [5.41, 5.74) is 5.79. The monoisotopic (exact) mass is 243 g/mol. The maximum absolute atomic E-state index is 11.8. The molecule has 2 amide bonds. The van der Waals surface area contributed by atoms with Crippen LogP contribution in [-0.4, -0.2) is 47.2 Å². The maximum Gasteiger partial charge on any atom is 0.317 e. The van der Waals surface area contributed by atoms with Crippen molar-refractivity contribution in [1.29, 1.82) is 0 Å². The van der Waals surface area contributed by atoms with Gasteiger partial charge >= 0.3 is 12.0 Å². The molecular weight excluding hydrogens is 222 g/mol. The van der Waals surface area contributed by atoms with Gasteiger partial charge in [0, 0.05) is 31.6 Å². The molecule has 0 aromatic heterocycles. The van der Waals surface area contributed by atoms with Crippen molar-refractivity contribution in [3.63, 3.8) is 0 Å². The van der Waals surface area contributed by atoms with Gasteiger partial charge in [-0.05, 0) is 26.2 Å². The van der Waals surface area contributed by atoms with Crippen molar-refractivity contribution in [3.8, 4) is 0 Å². The van der Waals surface area contributed by atoms with E-state index in [-0.39, 0.29) is 24.5 Å². The van der Waals surface area contributed by atoms with E-state index in [1.54, 1.807) is 4.90 Å². The lowest BCUT2D eigenvalue weighted by atomic mass is 10.1. The lowest BCUT2D eigenvalue weighted by molar-refractivity contribution is -0.137. The number of aliphatic carboxylic acids is 1. The molecule has 6 heteroatoms. The van der Waals surface area contributed by atoms with Gasteiger partial charge in [0.2, 0.25) is 0 Å². The summed E-state index contributed by atoms with van der Waals surface area (Å²) >= 11 is 0. The van der Waals surface area contributed by atoms with E-state index in [1.165, 1.54) is 0 Å². The Balaban J connectivity index is 2.29. The highest BCUT2D eigenvalue weighted by Gasteiger charge is 2.22. The molecule has 2 atom stereocenters. The van der Waals surface area contributed by atoms with Crippen LogP contribution in [0.1, 0.15) is 32.6 Å². The number of urea groups is 1. The Morgan fingerprint density at radius 3 is 2.88 bits per heavy atom. The molecule has 0 saturated carbocycles. The number of rotatable bonds is 4. The standard InChI is InChI=1S/C11H21N3O3/c1-8(4-5-10(15)16)13-11(17)14-6-2-3-9(12)7-14/h8-9H,2-7,12H2,1H3,(H,13,17)(H,15,16). The van der Waals surface area contributed by atoms with Crippen LogP contribution in [-0.2, 0) is 4.79 Å². The second-order valence-electron chi connectivity index (χ2n) is 4.63. The quantitative estimate of drug-likeness (QED) is 0.664. The molecule has 1 aliphatic rings. The van der Waals surface area contributed by atoms with Gasteiger partial charge in [0.1, 0.15) is 0 Å². The smallest absolute Gasteiger partial charge is 0.317 e. The van der Waals surface area contributed by atoms with Crippen LogP contribution in [0.5, 0.6) is 0 Å². The second kappa shape index (κ2) is 6.44. The van der Waals surface area contributed by atoms with Crippen LogP contribution in [0.3, 0.4) is 0 Å². The summed E-state index contributed by atoms with van der Waals surface area (Å²) in [6.45, 7) is 3.12. The summed E-state index contributed by atoms with van der Waals surface area (Å²) in [6, 6.07) is -0.210. The number of nitrogens with zero attached hydrogens (tertiary/aromatic N) is 1. The van der Waals surface area contributed by atoms with Crippen molar-refractivity contribution >= 4 is 12.0 Å². The predicted octanol–water partition coefficient (Wildman–Crippen LogP) is 0.372. The number of carbonyl (C=O) groups excluding carboxylic acids is 1. The third-order valence-electron chi connectivity index (χ3n) is 2.91. The van der Waals surface area contributed by atoms with Gasteiger partial charge in [-0.3, -0.25) is 4.79 Å². The number of nitrogens with one attached hydrogen (secondary N) is 1. The van der Waals surface area contributed by atoms with Crippen LogP contribution >= 0.6 is 0 Å². The zero-order chi connectivity index (χ0) is 12.8. The molecule has 2 unspecified atom stereocenters. The first-order valence-corrected chi connectivity index (χ1v) is 6.02. The maximum atomic E-state index is 11.8. The van der Waals surface area contributed by atoms with Crippen LogP contribution < -0.4 is 11.1 Å². The first-order chi connectivity index (χ1) is 7.99. The number of likely N-dealkylation sites (tertiary alicyclic amines) is 1. The van der Waals surface area contributed by atoms with Gasteiger partial charge in [-0.1, -0.05) is 0 Å². The normalized spacial score (nSPS) is 22.0. The fraction of sp³-hybridized carbons (Fsp3) is 0.818. The Hall–Kier alpha value is -1.30. The predicted molar refractivity (Wildman–Crippen MR) is 63.6 cm³/mol. The van der Waals surface area contributed by atoms with E-state index in [4.69, 9.17) is 10.8 Å². The van der Waals surface area contributed by atoms with Crippen LogP contribution in [0.4, 0.5) is 4.79 Å². The van der Waals surface area contributed by atoms with Gasteiger partial charge in [-0.2, -0.15) is 0 Å². The Morgan fingerprint density at radius 1 is 1.59 bits per heavy atom. The molecular formula is C11H21N3O3. The first kappa shape index (κ1) is 13.8. The summed E-state index contributed by atoms with van der Waals surface area (Å²) in [5.74, 6) is -0.842. The lowest BCUT2D eigenvalue weighted by Crippen LogP contribution is -2.51. The number of amides is 2. The molecule has 1 heterocycles. The van der Waals surface area contributed by atoms with Crippen molar-refractivity contribution in [2.24, 2.45) is 5.73 Å². The zero-order valence-corrected chi connectivity index (χ0v) is 10.2. The number of nitrogens with two attached hydrogens (primary N) is 1. The molecule has 0 radical (unpaired) electrons. The fourth-order valence-electron chi connectivity index (χ4n) is 1.91. The van der Waals surface area contributed by atoms with E-state index in [1.807, 2.05) is 6.92 Å². The molecule has 6 nitrogen and oxygen atoms in total. The van der Waals surface area contributed by atoms with E-state index in [9.17, 15) is 9.59 Å². The lowest BCUT2D eigenvalue weighted by Gasteiger charge is -2.31. The summed E-state index contributed by atoms with van der Waals surface area (Å²) in [4.78, 5) is 23.9. The van der Waals surface area contributed by atoms with E-state index >= 15 is 0 Å². The average molecular weight is 243 g/mol. The van der Waals surface area contributed by atoms with Crippen LogP contribution in [0.2, 0.25) is 0 Å². The number of hydrogen-bond acceptors (Lipinski definition) is 3. The molecule has 17 heavy (non-hydrogen) atoms. The van der Waals surface area contributed by atoms with E-state index in [0.717, 1.165) is 19.4 Å². The summed E-state index contributed by atoms with van der Waals surface area (Å²) in [7, 11) is 0. The molecule has 0 spiro atoms. The van der Waals surface area contributed by atoms with Crippen molar-refractivity contribution in [2.75, 3.05) is 13.1 Å². The Labute approximate surface area is 101 Å². The van der Waals surface area contributed by atoms with Gasteiger partial charge in [-0.25, -0.2) is 4.79 Å². The largest absolute Gasteiger partial charge is 0.481 e. The van der Waals surface area contributed by atoms with Crippen molar-refractivity contribution in [1.82, 2.24) is 10.2 Å². The SMILES string of the molecule is CC(CCC(=O)O)NC(=O)N1CCCC(N)C1. The van der Waals surface area contributed by atoms with Gasteiger partial charge < -0.3 is 21.1 Å². The Kier molecular flexibility index (Phi) is 5.21. The minimum absolute atomic E-state index is 0.0591. The highest BCUT2D eigenvalue weighted by Crippen LogP contribution is 2.08. The number of carbonyl (C=O) groups is 2. The molecule has 1 fully saturated rings. The number of piperidine rings is 1. The summed E-state index contributed by atoms with van der Waals surface area (Å²) < 4.78 is 0. The van der Waals surface area contributed by atoms with Gasteiger partial charge in [0.15, 0.2) is 0 Å². The minimum atomic E-state index is -0.842. The second-order valence-corrected chi connectivity index (χ2v) is 4.63. The molecule has 0 aromatic rings. The fourth-order valence-corrected chi connectivity index (χ4v) is 1.91. The topological polar surface area (TPSA) is 95.7 Å². The van der Waals surface area contributed by atoms with Crippen molar-refractivity contribution in [2.45, 2.75) is 44.7 Å². The molecule has 1 aliphatic heterocycles. The number of hydrogen-bond donors (Lipinski definition) is 3. The van der Waals surface area contributed by atoms with E-state index < -0.39 is 5.97 Å². The molecule has 4 N–H and O–H groups in total. The summed E-state index contributed by atoms with van der Waals surface area (Å²) in [5, 5.41) is 11.3. The highest BCUT2D eigenvalue weighted by atomic mass is 16.4. The minimum Gasteiger partial charge on any atom is -0.481 e. The van der Waals surface area contributed by atoms with Crippen molar-refractivity contribution in [3.05, 3.63) is 0 Å². The van der Waals surface area contributed by atoms with Gasteiger partial charge in [-0.15, -0.1) is 0 Å². The molecule has 0 aliphatic carbocycles. The molecule has 0 aromatic carbocycles. The van der Waals surface area contributed by atoms with E-state index in [0.29, 0.717) is 13.0 Å². The highest BCUT2D eigenvalue weighted by molar-refractivity contribution is 5.74. The Bertz CT molecular complexity index is 283. The third-order valence-corrected chi connectivity index (χ3v) is 2.91. The Morgan fingerprint density at radius 2 is 2.29 bits per heavy atom. The van der Waals surface area contributed by atoms with Crippen molar-refractivity contribution < 1.29 is 14.7 Å². The molecule has 0 bridgehead atoms. The molecule has 98 valence electrons. The summed E-state index contributed by atoms with van der Waals surface area (Å²) in [6.07, 6.45) is 2.40. The van der Waals surface area contributed by atoms with Crippen LogP contribution in [0.15, 0.2) is 0 Å². The van der Waals surface area contributed by atoms with Crippen LogP contribution in [0, 0.1) is 0 Å². The van der Waals surface area contributed by atoms with Crippen LogP contribution in [0.25, 0.3) is 0 Å². The third kappa shape index (κ3) is 5.04. The van der Waals surface area contributed by atoms with Gasteiger partial charge in [0.05, 0.1) is 0 Å².